The van der Waals surface area contributed by atoms with Crippen LogP contribution in [0.5, 0.6) is 11.5 Å². The maximum absolute atomic E-state index is 12.9. The fourth-order valence-electron chi connectivity index (χ4n) is 4.00. The molecule has 4 aromatic rings. The number of carbonyl (C=O) groups is 3. The maximum atomic E-state index is 12.9. The van der Waals surface area contributed by atoms with Crippen molar-refractivity contribution in [3.8, 4) is 11.5 Å². The van der Waals surface area contributed by atoms with Crippen molar-refractivity contribution in [1.29, 1.82) is 0 Å². The van der Waals surface area contributed by atoms with Crippen LogP contribution in [0, 0.1) is 0 Å². The number of rotatable bonds is 9. The van der Waals surface area contributed by atoms with Crippen LogP contribution >= 0.6 is 23.4 Å². The molecule has 1 aliphatic heterocycles. The Kier molecular flexibility index (Phi) is 8.15. The van der Waals surface area contributed by atoms with Gasteiger partial charge in [0, 0.05) is 11.1 Å². The Morgan fingerprint density at radius 1 is 0.897 bits per heavy atom. The topological polar surface area (TPSA) is 84.9 Å². The summed E-state index contributed by atoms with van der Waals surface area (Å²) in [4.78, 5) is 39.0. The third kappa shape index (κ3) is 6.42. The number of imide groups is 1. The predicted octanol–water partition coefficient (Wildman–Crippen LogP) is 6.63. The van der Waals surface area contributed by atoms with Gasteiger partial charge in [-0.05, 0) is 59.1 Å². The van der Waals surface area contributed by atoms with Gasteiger partial charge in [0.1, 0.15) is 18.1 Å². The van der Waals surface area contributed by atoms with Crippen LogP contribution in [0.1, 0.15) is 5.56 Å². The highest BCUT2D eigenvalue weighted by Gasteiger charge is 2.34. The first-order chi connectivity index (χ1) is 19.0. The Bertz CT molecular complexity index is 1570. The van der Waals surface area contributed by atoms with Gasteiger partial charge in [-0.2, -0.15) is 0 Å². The third-order valence-corrected chi connectivity index (χ3v) is 7.07. The summed E-state index contributed by atoms with van der Waals surface area (Å²) in [6.07, 6.45) is 1.61. The molecule has 1 saturated heterocycles. The fraction of sp³-hybridized carbons (Fsp3) is 0.100. The van der Waals surface area contributed by atoms with Gasteiger partial charge >= 0.3 is 0 Å². The van der Waals surface area contributed by atoms with E-state index in [-0.39, 0.29) is 46.7 Å². The van der Waals surface area contributed by atoms with Crippen molar-refractivity contribution in [3.05, 3.63) is 106 Å². The van der Waals surface area contributed by atoms with Crippen molar-refractivity contribution in [2.45, 2.75) is 0 Å². The molecule has 0 saturated carbocycles. The van der Waals surface area contributed by atoms with E-state index in [0.717, 1.165) is 22.5 Å². The smallest absolute Gasteiger partial charge is 0.293 e. The molecule has 1 aliphatic rings. The van der Waals surface area contributed by atoms with Crippen LogP contribution in [0.15, 0.2) is 95.9 Å². The summed E-state index contributed by atoms with van der Waals surface area (Å²) in [6, 6.07) is 27.6. The molecule has 3 amide bonds. The van der Waals surface area contributed by atoms with Gasteiger partial charge in [0.25, 0.3) is 17.1 Å². The number of halogens is 1. The SMILES string of the molecule is O=C(COc1ccc(/C=C2\SC(=O)N(CCOc3cccc4ccccc34)C2=O)cc1Cl)Nc1ccccc1. The fourth-order valence-corrected chi connectivity index (χ4v) is 5.11. The largest absolute Gasteiger partial charge is 0.491 e. The first-order valence-electron chi connectivity index (χ1n) is 12.1. The average molecular weight is 559 g/mol. The summed E-state index contributed by atoms with van der Waals surface area (Å²) in [5, 5.41) is 4.67. The summed E-state index contributed by atoms with van der Waals surface area (Å²) in [5.41, 5.74) is 1.29. The molecule has 196 valence electrons. The molecule has 1 fully saturated rings. The molecule has 7 nitrogen and oxygen atoms in total. The number of para-hydroxylation sites is 1. The zero-order chi connectivity index (χ0) is 27.2. The molecule has 1 heterocycles. The molecule has 0 spiro atoms. The van der Waals surface area contributed by atoms with E-state index < -0.39 is 0 Å². The van der Waals surface area contributed by atoms with E-state index in [1.165, 1.54) is 4.90 Å². The molecule has 0 aromatic heterocycles. The van der Waals surface area contributed by atoms with Crippen LogP contribution in [0.4, 0.5) is 10.5 Å². The lowest BCUT2D eigenvalue weighted by molar-refractivity contribution is -0.123. The Hall–Kier alpha value is -4.27. The van der Waals surface area contributed by atoms with Crippen molar-refractivity contribution in [2.75, 3.05) is 25.1 Å². The van der Waals surface area contributed by atoms with Gasteiger partial charge in [0.05, 0.1) is 16.5 Å². The number of fused-ring (bicyclic) bond motifs is 1. The molecule has 0 radical (unpaired) electrons. The quantitative estimate of drug-likeness (QED) is 0.232. The number of ether oxygens (including phenoxy) is 2. The Morgan fingerprint density at radius 2 is 1.67 bits per heavy atom. The zero-order valence-corrected chi connectivity index (χ0v) is 22.2. The first-order valence-corrected chi connectivity index (χ1v) is 13.3. The van der Waals surface area contributed by atoms with Crippen LogP contribution in [-0.4, -0.2) is 41.7 Å². The van der Waals surface area contributed by atoms with Gasteiger partial charge in [-0.3, -0.25) is 19.3 Å². The number of anilines is 1. The minimum Gasteiger partial charge on any atom is -0.491 e. The van der Waals surface area contributed by atoms with Gasteiger partial charge < -0.3 is 14.8 Å². The van der Waals surface area contributed by atoms with Crippen molar-refractivity contribution in [1.82, 2.24) is 4.90 Å². The zero-order valence-electron chi connectivity index (χ0n) is 20.6. The number of thioether (sulfide) groups is 1. The summed E-state index contributed by atoms with van der Waals surface area (Å²) >= 11 is 7.22. The molecular formula is C30H23ClN2O5S. The highest BCUT2D eigenvalue weighted by atomic mass is 35.5. The number of hydrogen-bond donors (Lipinski definition) is 1. The maximum Gasteiger partial charge on any atom is 0.293 e. The predicted molar refractivity (Wildman–Crippen MR) is 154 cm³/mol. The monoisotopic (exact) mass is 558 g/mol. The lowest BCUT2D eigenvalue weighted by atomic mass is 10.1. The Labute approximate surface area is 234 Å². The number of carbonyl (C=O) groups excluding carboxylic acids is 3. The van der Waals surface area contributed by atoms with Crippen molar-refractivity contribution in [2.24, 2.45) is 0 Å². The lowest BCUT2D eigenvalue weighted by Crippen LogP contribution is -2.32. The van der Waals surface area contributed by atoms with Crippen LogP contribution in [-0.2, 0) is 9.59 Å². The molecule has 9 heteroatoms. The number of nitrogens with zero attached hydrogens (tertiary/aromatic N) is 1. The average Bonchev–Trinajstić information content (AvgIpc) is 3.20. The number of benzene rings is 4. The highest BCUT2D eigenvalue weighted by Crippen LogP contribution is 2.34. The van der Waals surface area contributed by atoms with Crippen molar-refractivity contribution in [3.63, 3.8) is 0 Å². The molecule has 4 aromatic carbocycles. The van der Waals surface area contributed by atoms with E-state index in [1.54, 1.807) is 36.4 Å². The summed E-state index contributed by atoms with van der Waals surface area (Å²) in [7, 11) is 0. The minimum atomic E-state index is -0.388. The van der Waals surface area contributed by atoms with E-state index in [9.17, 15) is 14.4 Å². The van der Waals surface area contributed by atoms with Crippen LogP contribution < -0.4 is 14.8 Å². The third-order valence-electron chi connectivity index (χ3n) is 5.87. The second kappa shape index (κ2) is 12.1. The number of amides is 3. The normalized spacial score (nSPS) is 14.2. The minimum absolute atomic E-state index is 0.129. The number of hydrogen-bond acceptors (Lipinski definition) is 6. The van der Waals surface area contributed by atoms with Gasteiger partial charge in [-0.1, -0.05) is 72.3 Å². The summed E-state index contributed by atoms with van der Waals surface area (Å²) in [5.74, 6) is 0.320. The van der Waals surface area contributed by atoms with Gasteiger partial charge in [-0.25, -0.2) is 0 Å². The van der Waals surface area contributed by atoms with Crippen LogP contribution in [0.2, 0.25) is 5.02 Å². The second-order valence-electron chi connectivity index (χ2n) is 8.55. The molecule has 0 bridgehead atoms. The van der Waals surface area contributed by atoms with Gasteiger partial charge in [0.2, 0.25) is 0 Å². The lowest BCUT2D eigenvalue weighted by Gasteiger charge is -2.14. The van der Waals surface area contributed by atoms with E-state index >= 15 is 0 Å². The molecule has 39 heavy (non-hydrogen) atoms. The molecular weight excluding hydrogens is 536 g/mol. The van der Waals surface area contributed by atoms with Gasteiger partial charge in [0.15, 0.2) is 6.61 Å². The van der Waals surface area contributed by atoms with E-state index in [0.29, 0.717) is 22.7 Å². The van der Waals surface area contributed by atoms with E-state index in [4.69, 9.17) is 21.1 Å². The molecule has 0 atom stereocenters. The standard InChI is InChI=1S/C30H23ClN2O5S/c31-24-17-20(13-14-26(24)38-19-28(34)32-22-9-2-1-3-10-22)18-27-29(35)33(30(36)39-27)15-16-37-25-12-6-8-21-7-4-5-11-23(21)25/h1-14,17-18H,15-16,19H2,(H,32,34)/b27-18-. The van der Waals surface area contributed by atoms with E-state index in [2.05, 4.69) is 5.32 Å². The summed E-state index contributed by atoms with van der Waals surface area (Å²) < 4.78 is 11.4. The first kappa shape index (κ1) is 26.3. The van der Waals surface area contributed by atoms with Crippen LogP contribution in [0.25, 0.3) is 16.8 Å². The van der Waals surface area contributed by atoms with Gasteiger partial charge in [-0.15, -0.1) is 0 Å². The highest BCUT2D eigenvalue weighted by molar-refractivity contribution is 8.18. The van der Waals surface area contributed by atoms with Crippen molar-refractivity contribution >= 4 is 63.0 Å². The molecule has 1 N–H and O–H groups in total. The van der Waals surface area contributed by atoms with Crippen molar-refractivity contribution < 1.29 is 23.9 Å². The Morgan fingerprint density at radius 3 is 2.49 bits per heavy atom. The van der Waals surface area contributed by atoms with Crippen LogP contribution in [0.3, 0.4) is 0 Å². The molecule has 0 aliphatic carbocycles. The van der Waals surface area contributed by atoms with E-state index in [1.807, 2.05) is 60.7 Å². The summed E-state index contributed by atoms with van der Waals surface area (Å²) in [6.45, 7) is 0.0898. The second-order valence-corrected chi connectivity index (χ2v) is 9.95. The number of nitrogens with one attached hydrogen (secondary N) is 1. The molecule has 5 rings (SSSR count). The Balaban J connectivity index is 1.17. The molecule has 0 unspecified atom stereocenters.